The maximum Gasteiger partial charge on any atom is 0.309 e. The van der Waals surface area contributed by atoms with Crippen LogP contribution in [0.2, 0.25) is 0 Å². The van der Waals surface area contributed by atoms with E-state index in [1.807, 2.05) is 0 Å². The maximum atomic E-state index is 12.5. The predicted molar refractivity (Wildman–Crippen MR) is 306 cm³/mol. The first-order valence-electron chi connectivity index (χ1n) is 32.3. The highest BCUT2D eigenvalue weighted by Crippen LogP contribution is 2.25. The van der Waals surface area contributed by atoms with Gasteiger partial charge in [0, 0.05) is 0 Å². The molecule has 1 fully saturated rings. The van der Waals surface area contributed by atoms with Crippen LogP contribution in [0.15, 0.2) is 12.2 Å². The number of carbonyl (C=O) groups is 2. The van der Waals surface area contributed by atoms with Gasteiger partial charge in [0.05, 0.1) is 31.0 Å². The topological polar surface area (TPSA) is 93.1 Å². The number of allylic oxidation sites excluding steroid dienone is 2. The first-order valence-corrected chi connectivity index (χ1v) is 32.3. The van der Waals surface area contributed by atoms with Gasteiger partial charge in [0.15, 0.2) is 0 Å². The normalized spacial score (nSPS) is 15.3. The highest BCUT2D eigenvalue weighted by molar-refractivity contribution is 5.80. The van der Waals surface area contributed by atoms with Gasteiger partial charge in [0.25, 0.3) is 0 Å². The van der Waals surface area contributed by atoms with E-state index in [1.165, 1.54) is 315 Å². The minimum absolute atomic E-state index is 0.00478. The second-order valence-corrected chi connectivity index (χ2v) is 23.1. The molecule has 0 aliphatic carbocycles. The molecule has 0 aromatic carbocycles. The van der Waals surface area contributed by atoms with Gasteiger partial charge in [-0.25, -0.2) is 0 Å². The van der Waals surface area contributed by atoms with Crippen LogP contribution in [0, 0.1) is 11.3 Å². The van der Waals surface area contributed by atoms with Crippen LogP contribution in [0.3, 0.4) is 0 Å². The van der Waals surface area contributed by atoms with E-state index >= 15 is 0 Å². The molecule has 0 amide bonds. The van der Waals surface area contributed by atoms with E-state index in [-0.39, 0.29) is 19.6 Å². The Morgan fingerprint density at radius 3 is 0.873 bits per heavy atom. The van der Waals surface area contributed by atoms with Gasteiger partial charge >= 0.3 is 11.9 Å². The van der Waals surface area contributed by atoms with Crippen LogP contribution in [-0.2, 0) is 19.1 Å². The quantitative estimate of drug-likeness (QED) is 0.0358. The number of aliphatic hydroxyl groups is 2. The molecule has 0 saturated carbocycles. The summed E-state index contributed by atoms with van der Waals surface area (Å²) in [6, 6.07) is 0. The SMILES string of the molecule is CCCCCCCCCCCCCCCCCCCCCC/C=C/CCCCCCCCCCCCCCCCCCCCCCCCCCCCCCCCC1CC(=O)OCC(CO)(CO)COC1=O. The Balaban J connectivity index is 1.68. The summed E-state index contributed by atoms with van der Waals surface area (Å²) < 4.78 is 10.6. The molecule has 0 radical (unpaired) electrons. The Bertz CT molecular complexity index is 1120. The maximum absolute atomic E-state index is 12.5. The van der Waals surface area contributed by atoms with Crippen LogP contribution in [0.5, 0.6) is 0 Å². The highest BCUT2D eigenvalue weighted by Gasteiger charge is 2.36. The smallest absolute Gasteiger partial charge is 0.309 e. The van der Waals surface area contributed by atoms with E-state index in [2.05, 4.69) is 19.1 Å². The van der Waals surface area contributed by atoms with E-state index in [0.717, 1.165) is 19.3 Å². The van der Waals surface area contributed by atoms with Crippen molar-refractivity contribution in [3.63, 3.8) is 0 Å². The van der Waals surface area contributed by atoms with Crippen molar-refractivity contribution in [2.24, 2.45) is 11.3 Å². The van der Waals surface area contributed by atoms with Gasteiger partial charge in [-0.2, -0.15) is 0 Å². The number of ether oxygens (including phenoxy) is 2. The third kappa shape index (κ3) is 46.8. The number of rotatable bonds is 56. The summed E-state index contributed by atoms with van der Waals surface area (Å²) in [5, 5.41) is 19.2. The van der Waals surface area contributed by atoms with Crippen molar-refractivity contribution in [1.82, 2.24) is 0 Å². The summed E-state index contributed by atoms with van der Waals surface area (Å²) in [5.41, 5.74) is -1.12. The summed E-state index contributed by atoms with van der Waals surface area (Å²) in [6.07, 6.45) is 78.7. The molecule has 71 heavy (non-hydrogen) atoms. The molecule has 6 nitrogen and oxygen atoms in total. The first kappa shape index (κ1) is 67.6. The average molecular weight is 1000 g/mol. The second-order valence-electron chi connectivity index (χ2n) is 23.1. The lowest BCUT2D eigenvalue weighted by Gasteiger charge is -2.27. The molecule has 1 aliphatic rings. The zero-order valence-corrected chi connectivity index (χ0v) is 47.8. The fraction of sp³-hybridized carbons (Fsp3) is 0.938. The molecule has 1 heterocycles. The zero-order chi connectivity index (χ0) is 51.1. The van der Waals surface area contributed by atoms with E-state index < -0.39 is 36.5 Å². The lowest BCUT2D eigenvalue weighted by Crippen LogP contribution is -2.40. The van der Waals surface area contributed by atoms with E-state index in [9.17, 15) is 19.8 Å². The van der Waals surface area contributed by atoms with Crippen molar-refractivity contribution in [1.29, 1.82) is 0 Å². The van der Waals surface area contributed by atoms with Crippen LogP contribution in [0.4, 0.5) is 0 Å². The molecule has 6 heteroatoms. The van der Waals surface area contributed by atoms with Crippen molar-refractivity contribution in [2.45, 2.75) is 354 Å². The number of aliphatic hydroxyl groups excluding tert-OH is 2. The van der Waals surface area contributed by atoms with Crippen LogP contribution >= 0.6 is 0 Å². The molecule has 1 rings (SSSR count). The van der Waals surface area contributed by atoms with Gasteiger partial charge in [0.2, 0.25) is 0 Å². The van der Waals surface area contributed by atoms with E-state index in [4.69, 9.17) is 9.47 Å². The average Bonchev–Trinajstić information content (AvgIpc) is 3.44. The highest BCUT2D eigenvalue weighted by atomic mass is 16.6. The van der Waals surface area contributed by atoms with Gasteiger partial charge in [-0.1, -0.05) is 327 Å². The molecule has 1 aliphatic heterocycles. The van der Waals surface area contributed by atoms with Crippen LogP contribution in [-0.4, -0.2) is 48.6 Å². The number of esters is 2. The molecule has 1 atom stereocenters. The zero-order valence-electron chi connectivity index (χ0n) is 47.8. The van der Waals surface area contributed by atoms with Gasteiger partial charge in [0.1, 0.15) is 13.2 Å². The molecule has 1 saturated heterocycles. The Kier molecular flexibility index (Phi) is 52.2. The molecule has 0 spiro atoms. The lowest BCUT2D eigenvalue weighted by atomic mass is 9.92. The summed E-state index contributed by atoms with van der Waals surface area (Å²) in [4.78, 5) is 24.7. The molecule has 420 valence electrons. The molecule has 0 aromatic heterocycles. The van der Waals surface area contributed by atoms with Crippen molar-refractivity contribution in [3.8, 4) is 0 Å². The van der Waals surface area contributed by atoms with Crippen molar-refractivity contribution >= 4 is 11.9 Å². The first-order chi connectivity index (χ1) is 35.1. The van der Waals surface area contributed by atoms with E-state index in [1.54, 1.807) is 0 Å². The van der Waals surface area contributed by atoms with Gasteiger partial charge in [-0.15, -0.1) is 0 Å². The third-order valence-corrected chi connectivity index (χ3v) is 16.0. The fourth-order valence-corrected chi connectivity index (χ4v) is 10.8. The summed E-state index contributed by atoms with van der Waals surface area (Å²) >= 11 is 0. The summed E-state index contributed by atoms with van der Waals surface area (Å²) in [5.74, 6) is -1.40. The number of unbranched alkanes of at least 4 members (excludes halogenated alkanes) is 50. The molecule has 1 unspecified atom stereocenters. The van der Waals surface area contributed by atoms with Crippen molar-refractivity contribution in [2.75, 3.05) is 26.4 Å². The Morgan fingerprint density at radius 1 is 0.366 bits per heavy atom. The van der Waals surface area contributed by atoms with Gasteiger partial charge in [-0.05, 0) is 32.1 Å². The monoisotopic (exact) mass is 1000 g/mol. The fourth-order valence-electron chi connectivity index (χ4n) is 10.8. The molecule has 0 aromatic rings. The summed E-state index contributed by atoms with van der Waals surface area (Å²) in [7, 11) is 0. The standard InChI is InChI=1S/C65H124O6/c1-2-3-4-5-6-7-8-9-10-11-12-13-14-15-16-17-18-19-20-21-22-23-24-25-26-27-28-29-30-31-32-33-34-35-36-37-38-39-40-41-42-43-44-45-46-47-48-49-50-51-52-53-54-55-56-62-57-63(68)70-60-65(58-66,59-67)61-71-64(62)69/h23-24,62,66-67H,2-22,25-61H2,1H3/b24-23+. The number of cyclic esters (lactones) is 2. The van der Waals surface area contributed by atoms with Gasteiger partial charge in [-0.3, -0.25) is 9.59 Å². The van der Waals surface area contributed by atoms with Crippen LogP contribution < -0.4 is 0 Å². The van der Waals surface area contributed by atoms with Crippen LogP contribution in [0.25, 0.3) is 0 Å². The second kappa shape index (κ2) is 54.8. The predicted octanol–water partition coefficient (Wildman–Crippen LogP) is 20.3. The minimum atomic E-state index is -1.12. The summed E-state index contributed by atoms with van der Waals surface area (Å²) in [6.45, 7) is 1.21. The third-order valence-electron chi connectivity index (χ3n) is 16.0. The largest absolute Gasteiger partial charge is 0.465 e. The van der Waals surface area contributed by atoms with Crippen molar-refractivity contribution in [3.05, 3.63) is 12.2 Å². The van der Waals surface area contributed by atoms with Crippen molar-refractivity contribution < 1.29 is 29.3 Å². The Morgan fingerprint density at radius 2 is 0.606 bits per heavy atom. The van der Waals surface area contributed by atoms with Crippen LogP contribution in [0.1, 0.15) is 354 Å². The number of carbonyl (C=O) groups excluding carboxylic acids is 2. The minimum Gasteiger partial charge on any atom is -0.465 e. The molecule has 2 N–H and O–H groups in total. The Labute approximate surface area is 443 Å². The van der Waals surface area contributed by atoms with Gasteiger partial charge < -0.3 is 19.7 Å². The molecular weight excluding hydrogens is 877 g/mol. The molecule has 0 bridgehead atoms. The lowest BCUT2D eigenvalue weighted by molar-refractivity contribution is -0.155. The number of hydrogen-bond acceptors (Lipinski definition) is 6. The Hall–Kier alpha value is -1.40. The van der Waals surface area contributed by atoms with E-state index in [0.29, 0.717) is 6.42 Å². The molecular formula is C65H124O6. The number of hydrogen-bond donors (Lipinski definition) is 2.